The van der Waals surface area contributed by atoms with E-state index in [1.807, 2.05) is 24.3 Å². The largest absolute Gasteiger partial charge is 0.465 e. The first-order valence-electron chi connectivity index (χ1n) is 7.13. The molecule has 0 amide bonds. The molecule has 22 heavy (non-hydrogen) atoms. The van der Waals surface area contributed by atoms with E-state index in [-0.39, 0.29) is 5.78 Å². The SMILES string of the molecule is O=C(C1=CCC(C=Cc2ccco2)C1)c1ccc(OO)cc1. The summed E-state index contributed by atoms with van der Waals surface area (Å²) in [6, 6.07) is 10.2. The number of benzene rings is 1. The van der Waals surface area contributed by atoms with Gasteiger partial charge in [0.15, 0.2) is 11.5 Å². The predicted molar refractivity (Wildman–Crippen MR) is 82.6 cm³/mol. The summed E-state index contributed by atoms with van der Waals surface area (Å²) in [5, 5.41) is 8.54. The van der Waals surface area contributed by atoms with E-state index in [1.54, 1.807) is 30.5 Å². The van der Waals surface area contributed by atoms with Crippen molar-refractivity contribution in [2.45, 2.75) is 12.8 Å². The van der Waals surface area contributed by atoms with Crippen LogP contribution < -0.4 is 4.89 Å². The van der Waals surface area contributed by atoms with Gasteiger partial charge >= 0.3 is 0 Å². The molecule has 1 aliphatic carbocycles. The van der Waals surface area contributed by atoms with Crippen LogP contribution in [0.25, 0.3) is 6.08 Å². The van der Waals surface area contributed by atoms with Gasteiger partial charge in [0.25, 0.3) is 0 Å². The molecule has 0 fully saturated rings. The smallest absolute Gasteiger partial charge is 0.188 e. The van der Waals surface area contributed by atoms with E-state index in [4.69, 9.17) is 9.67 Å². The van der Waals surface area contributed by atoms with Crippen molar-refractivity contribution < 1.29 is 19.4 Å². The Morgan fingerprint density at radius 1 is 1.27 bits per heavy atom. The van der Waals surface area contributed by atoms with Gasteiger partial charge in [-0.15, -0.1) is 0 Å². The summed E-state index contributed by atoms with van der Waals surface area (Å²) in [5.74, 6) is 1.48. The lowest BCUT2D eigenvalue weighted by Crippen LogP contribution is -2.03. The Labute approximate surface area is 128 Å². The van der Waals surface area contributed by atoms with E-state index < -0.39 is 0 Å². The quantitative estimate of drug-likeness (QED) is 0.506. The average Bonchev–Trinajstić information content (AvgIpc) is 3.24. The molecular formula is C18H16O4. The minimum atomic E-state index is 0.0263. The molecule has 1 aromatic carbocycles. The Balaban J connectivity index is 1.62. The summed E-state index contributed by atoms with van der Waals surface area (Å²) in [6.45, 7) is 0. The normalized spacial score (nSPS) is 17.7. The van der Waals surface area contributed by atoms with Gasteiger partial charge in [0.2, 0.25) is 0 Å². The molecular weight excluding hydrogens is 280 g/mol. The van der Waals surface area contributed by atoms with Gasteiger partial charge in [-0.25, -0.2) is 5.26 Å². The maximum atomic E-state index is 12.4. The van der Waals surface area contributed by atoms with Crippen LogP contribution in [0.5, 0.6) is 5.75 Å². The highest BCUT2D eigenvalue weighted by Crippen LogP contribution is 2.29. The molecule has 0 radical (unpaired) electrons. The number of hydrogen-bond acceptors (Lipinski definition) is 4. The van der Waals surface area contributed by atoms with Crippen molar-refractivity contribution in [1.82, 2.24) is 0 Å². The fourth-order valence-corrected chi connectivity index (χ4v) is 2.54. The molecule has 0 saturated heterocycles. The van der Waals surface area contributed by atoms with Crippen LogP contribution in [0.15, 0.2) is 64.8 Å². The van der Waals surface area contributed by atoms with Crippen LogP contribution in [0.4, 0.5) is 0 Å². The monoisotopic (exact) mass is 296 g/mol. The fourth-order valence-electron chi connectivity index (χ4n) is 2.54. The molecule has 0 spiro atoms. The highest BCUT2D eigenvalue weighted by Gasteiger charge is 2.21. The van der Waals surface area contributed by atoms with Crippen molar-refractivity contribution in [3.63, 3.8) is 0 Å². The Bertz CT molecular complexity index is 693. The van der Waals surface area contributed by atoms with Crippen molar-refractivity contribution in [3.8, 4) is 5.75 Å². The van der Waals surface area contributed by atoms with Gasteiger partial charge in [0, 0.05) is 5.56 Å². The Morgan fingerprint density at radius 3 is 2.77 bits per heavy atom. The second-order valence-corrected chi connectivity index (χ2v) is 5.25. The molecule has 3 rings (SSSR count). The molecule has 1 aliphatic rings. The van der Waals surface area contributed by atoms with Crippen molar-refractivity contribution in [3.05, 3.63) is 71.7 Å². The molecule has 0 bridgehead atoms. The molecule has 112 valence electrons. The zero-order chi connectivity index (χ0) is 15.4. The van der Waals surface area contributed by atoms with Gasteiger partial charge in [-0.3, -0.25) is 4.79 Å². The van der Waals surface area contributed by atoms with E-state index in [0.717, 1.165) is 24.2 Å². The summed E-state index contributed by atoms with van der Waals surface area (Å²) in [6.07, 6.45) is 9.25. The number of hydrogen-bond donors (Lipinski definition) is 1. The van der Waals surface area contributed by atoms with Crippen LogP contribution in [0.1, 0.15) is 29.0 Å². The third-order valence-electron chi connectivity index (χ3n) is 3.74. The Kier molecular flexibility index (Phi) is 4.21. The van der Waals surface area contributed by atoms with Crippen molar-refractivity contribution in [2.24, 2.45) is 5.92 Å². The molecule has 4 nitrogen and oxygen atoms in total. The van der Waals surface area contributed by atoms with Gasteiger partial charge in [-0.1, -0.05) is 12.2 Å². The number of carbonyl (C=O) groups excluding carboxylic acids is 1. The lowest BCUT2D eigenvalue weighted by molar-refractivity contribution is -0.137. The van der Waals surface area contributed by atoms with E-state index >= 15 is 0 Å². The topological polar surface area (TPSA) is 59.7 Å². The second-order valence-electron chi connectivity index (χ2n) is 5.25. The summed E-state index contributed by atoms with van der Waals surface area (Å²) < 4.78 is 5.26. The summed E-state index contributed by atoms with van der Waals surface area (Å²) in [5.41, 5.74) is 1.43. The Morgan fingerprint density at radius 2 is 2.09 bits per heavy atom. The molecule has 1 atom stereocenters. The van der Waals surface area contributed by atoms with Gasteiger partial charge in [0.05, 0.1) is 6.26 Å². The zero-order valence-electron chi connectivity index (χ0n) is 11.9. The first kappa shape index (κ1) is 14.4. The van der Waals surface area contributed by atoms with E-state index in [2.05, 4.69) is 11.0 Å². The molecule has 0 aliphatic heterocycles. The first-order valence-corrected chi connectivity index (χ1v) is 7.13. The van der Waals surface area contributed by atoms with Gasteiger partial charge in [-0.2, -0.15) is 0 Å². The van der Waals surface area contributed by atoms with E-state index in [9.17, 15) is 4.79 Å². The lowest BCUT2D eigenvalue weighted by atomic mass is 9.99. The summed E-state index contributed by atoms with van der Waals surface area (Å²) in [4.78, 5) is 16.5. The minimum Gasteiger partial charge on any atom is -0.465 e. The van der Waals surface area contributed by atoms with Crippen LogP contribution in [0.2, 0.25) is 0 Å². The Hall–Kier alpha value is -2.59. The number of furan rings is 1. The van der Waals surface area contributed by atoms with Gasteiger partial charge < -0.3 is 9.30 Å². The maximum Gasteiger partial charge on any atom is 0.188 e. The predicted octanol–water partition coefficient (Wildman–Crippen LogP) is 4.36. The molecule has 0 saturated carbocycles. The number of rotatable bonds is 5. The number of ketones is 1. The molecule has 1 aromatic heterocycles. The van der Waals surface area contributed by atoms with Crippen LogP contribution >= 0.6 is 0 Å². The third-order valence-corrected chi connectivity index (χ3v) is 3.74. The fraction of sp³-hybridized carbons (Fsp3) is 0.167. The van der Waals surface area contributed by atoms with Crippen molar-refractivity contribution >= 4 is 11.9 Å². The third kappa shape index (κ3) is 3.18. The highest BCUT2D eigenvalue weighted by atomic mass is 17.1. The van der Waals surface area contributed by atoms with E-state index in [1.165, 1.54) is 0 Å². The molecule has 1 N–H and O–H groups in total. The van der Waals surface area contributed by atoms with Crippen LogP contribution in [0, 0.1) is 5.92 Å². The maximum absolute atomic E-state index is 12.4. The highest BCUT2D eigenvalue weighted by molar-refractivity contribution is 6.09. The summed E-state index contributed by atoms with van der Waals surface area (Å²) in [7, 11) is 0. The van der Waals surface area contributed by atoms with Crippen LogP contribution in [-0.2, 0) is 0 Å². The number of Topliss-reactive ketones (excluding diaryl/α,β-unsaturated/α-hetero) is 1. The lowest BCUT2D eigenvalue weighted by Gasteiger charge is -2.05. The first-order chi connectivity index (χ1) is 10.8. The van der Waals surface area contributed by atoms with Crippen molar-refractivity contribution in [2.75, 3.05) is 0 Å². The standard InChI is InChI=1S/C18H16O4/c19-18(14-6-9-17(22-20)10-7-14)15-5-3-13(12-15)4-8-16-2-1-11-21-16/h1-2,4-11,13,20H,3,12H2. The van der Waals surface area contributed by atoms with Crippen molar-refractivity contribution in [1.29, 1.82) is 0 Å². The molecule has 1 unspecified atom stereocenters. The van der Waals surface area contributed by atoms with Crippen LogP contribution in [-0.4, -0.2) is 11.0 Å². The minimum absolute atomic E-state index is 0.0263. The molecule has 1 heterocycles. The van der Waals surface area contributed by atoms with Gasteiger partial charge in [0.1, 0.15) is 5.76 Å². The molecule has 4 heteroatoms. The zero-order valence-corrected chi connectivity index (χ0v) is 11.9. The number of allylic oxidation sites excluding steroid dienone is 3. The van der Waals surface area contributed by atoms with Crippen LogP contribution in [0.3, 0.4) is 0 Å². The average molecular weight is 296 g/mol. The molecule has 2 aromatic rings. The summed E-state index contributed by atoms with van der Waals surface area (Å²) >= 11 is 0. The van der Waals surface area contributed by atoms with E-state index in [0.29, 0.717) is 17.2 Å². The second kappa shape index (κ2) is 6.45. The van der Waals surface area contributed by atoms with Gasteiger partial charge in [-0.05, 0) is 66.8 Å². The number of carbonyl (C=O) groups is 1.